The number of carbonyl (C=O) groups excluding carboxylic acids is 2. The van der Waals surface area contributed by atoms with Gasteiger partial charge in [-0.15, -0.1) is 0 Å². The van der Waals surface area contributed by atoms with Crippen LogP contribution in [0.2, 0.25) is 0 Å². The SMILES string of the molecule is COc1cc(F)ccc1-c1ccn(-c2ncccc2C(=O)NC(Cc2ccccc2)C2(C(N)=O)OCCO2)n1. The largest absolute Gasteiger partial charge is 0.496 e. The second-order valence-corrected chi connectivity index (χ2v) is 8.81. The van der Waals surface area contributed by atoms with Gasteiger partial charge >= 0.3 is 0 Å². The molecule has 1 fully saturated rings. The number of amides is 2. The van der Waals surface area contributed by atoms with Crippen molar-refractivity contribution in [3.63, 3.8) is 0 Å². The van der Waals surface area contributed by atoms with Crippen molar-refractivity contribution in [3.8, 4) is 22.8 Å². The summed E-state index contributed by atoms with van der Waals surface area (Å²) in [6, 6.07) is 17.4. The molecule has 4 aromatic rings. The van der Waals surface area contributed by atoms with Gasteiger partial charge in [0, 0.05) is 24.0 Å². The van der Waals surface area contributed by atoms with Gasteiger partial charge in [-0.25, -0.2) is 14.1 Å². The van der Waals surface area contributed by atoms with Crippen molar-refractivity contribution in [3.05, 3.63) is 96.1 Å². The number of aromatic nitrogens is 3. The Hall–Kier alpha value is -4.61. The van der Waals surface area contributed by atoms with Crippen LogP contribution in [0.5, 0.6) is 5.75 Å². The van der Waals surface area contributed by atoms with Crippen molar-refractivity contribution in [2.45, 2.75) is 18.2 Å². The maximum Gasteiger partial charge on any atom is 0.280 e. The van der Waals surface area contributed by atoms with Gasteiger partial charge in [0.1, 0.15) is 11.6 Å². The van der Waals surface area contributed by atoms with E-state index in [1.165, 1.54) is 30.1 Å². The van der Waals surface area contributed by atoms with E-state index >= 15 is 0 Å². The first-order valence-corrected chi connectivity index (χ1v) is 12.2. The zero-order valence-corrected chi connectivity index (χ0v) is 21.0. The van der Waals surface area contributed by atoms with Crippen LogP contribution in [0.15, 0.2) is 79.1 Å². The number of nitrogens with one attached hydrogen (secondary N) is 1. The summed E-state index contributed by atoms with van der Waals surface area (Å²) in [6.45, 7) is 0.316. The summed E-state index contributed by atoms with van der Waals surface area (Å²) in [5, 5.41) is 7.43. The number of halogens is 1. The minimum atomic E-state index is -1.83. The molecule has 1 aliphatic heterocycles. The predicted molar refractivity (Wildman–Crippen MR) is 139 cm³/mol. The Bertz CT molecular complexity index is 1490. The van der Waals surface area contributed by atoms with E-state index < -0.39 is 29.5 Å². The van der Waals surface area contributed by atoms with E-state index in [9.17, 15) is 14.0 Å². The highest BCUT2D eigenvalue weighted by Crippen LogP contribution is 2.30. The zero-order valence-electron chi connectivity index (χ0n) is 21.0. The Morgan fingerprint density at radius 3 is 2.62 bits per heavy atom. The van der Waals surface area contributed by atoms with E-state index in [0.29, 0.717) is 17.0 Å². The van der Waals surface area contributed by atoms with Crippen LogP contribution in [-0.2, 0) is 20.7 Å². The minimum absolute atomic E-state index is 0.158. The number of benzene rings is 2. The second kappa shape index (κ2) is 11.0. The van der Waals surface area contributed by atoms with Gasteiger partial charge in [-0.2, -0.15) is 5.10 Å². The third-order valence-corrected chi connectivity index (χ3v) is 6.38. The van der Waals surface area contributed by atoms with Crippen molar-refractivity contribution in [1.82, 2.24) is 20.1 Å². The van der Waals surface area contributed by atoms with Crippen LogP contribution in [-0.4, -0.2) is 58.7 Å². The van der Waals surface area contributed by atoms with Gasteiger partial charge in [0.2, 0.25) is 0 Å². The molecule has 1 saturated heterocycles. The van der Waals surface area contributed by atoms with E-state index in [4.69, 9.17) is 19.9 Å². The number of hydrogen-bond acceptors (Lipinski definition) is 7. The molecule has 11 heteroatoms. The molecule has 0 bridgehead atoms. The molecule has 2 aromatic heterocycles. The summed E-state index contributed by atoms with van der Waals surface area (Å²) < 4.78 is 31.8. The molecular weight excluding hydrogens is 505 g/mol. The molecule has 0 saturated carbocycles. The van der Waals surface area contributed by atoms with Crippen LogP contribution >= 0.6 is 0 Å². The van der Waals surface area contributed by atoms with Crippen LogP contribution < -0.4 is 15.8 Å². The number of ether oxygens (including phenoxy) is 3. The first kappa shape index (κ1) is 26.0. The Balaban J connectivity index is 1.47. The quantitative estimate of drug-likeness (QED) is 0.340. The Morgan fingerprint density at radius 1 is 1.13 bits per heavy atom. The van der Waals surface area contributed by atoms with Crippen molar-refractivity contribution in [2.75, 3.05) is 20.3 Å². The molecule has 2 amide bonds. The van der Waals surface area contributed by atoms with Crippen LogP contribution in [0.1, 0.15) is 15.9 Å². The van der Waals surface area contributed by atoms with Crippen LogP contribution in [0.4, 0.5) is 4.39 Å². The smallest absolute Gasteiger partial charge is 0.280 e. The van der Waals surface area contributed by atoms with Crippen LogP contribution in [0.25, 0.3) is 17.1 Å². The first-order valence-electron chi connectivity index (χ1n) is 12.2. The highest BCUT2D eigenvalue weighted by molar-refractivity contribution is 5.98. The highest BCUT2D eigenvalue weighted by atomic mass is 19.1. The number of nitrogens with two attached hydrogens (primary N) is 1. The van der Waals surface area contributed by atoms with Crippen LogP contribution in [0.3, 0.4) is 0 Å². The van der Waals surface area contributed by atoms with Crippen molar-refractivity contribution in [2.24, 2.45) is 5.73 Å². The summed E-state index contributed by atoms with van der Waals surface area (Å²) in [5.41, 5.74) is 7.81. The molecule has 10 nitrogen and oxygen atoms in total. The van der Waals surface area contributed by atoms with Gasteiger partial charge in [0.05, 0.1) is 37.6 Å². The Kier molecular flexibility index (Phi) is 7.35. The summed E-state index contributed by atoms with van der Waals surface area (Å²) >= 11 is 0. The summed E-state index contributed by atoms with van der Waals surface area (Å²) in [7, 11) is 1.44. The normalized spacial score (nSPS) is 15.0. The molecule has 3 N–H and O–H groups in total. The molecule has 200 valence electrons. The van der Waals surface area contributed by atoms with Crippen molar-refractivity contribution in [1.29, 1.82) is 0 Å². The van der Waals surface area contributed by atoms with E-state index in [0.717, 1.165) is 5.56 Å². The van der Waals surface area contributed by atoms with E-state index in [1.54, 1.807) is 30.5 Å². The number of pyridine rings is 1. The first-order chi connectivity index (χ1) is 18.9. The molecule has 39 heavy (non-hydrogen) atoms. The van der Waals surface area contributed by atoms with Crippen molar-refractivity contribution >= 4 is 11.8 Å². The Morgan fingerprint density at radius 2 is 1.90 bits per heavy atom. The van der Waals surface area contributed by atoms with Crippen LogP contribution in [0, 0.1) is 5.82 Å². The number of carbonyl (C=O) groups is 2. The number of nitrogens with zero attached hydrogens (tertiary/aromatic N) is 3. The predicted octanol–water partition coefficient (Wildman–Crippen LogP) is 2.65. The number of primary amides is 1. The van der Waals surface area contributed by atoms with E-state index in [1.807, 2.05) is 30.3 Å². The topological polar surface area (TPSA) is 131 Å². The third kappa shape index (κ3) is 5.22. The maximum atomic E-state index is 13.7. The summed E-state index contributed by atoms with van der Waals surface area (Å²) in [6.07, 6.45) is 3.38. The minimum Gasteiger partial charge on any atom is -0.496 e. The molecule has 0 spiro atoms. The second-order valence-electron chi connectivity index (χ2n) is 8.81. The fourth-order valence-corrected chi connectivity index (χ4v) is 4.53. The summed E-state index contributed by atoms with van der Waals surface area (Å²) in [4.78, 5) is 30.6. The fourth-order valence-electron chi connectivity index (χ4n) is 4.53. The molecule has 1 atom stereocenters. The Labute approximate surface area is 223 Å². The highest BCUT2D eigenvalue weighted by Gasteiger charge is 2.51. The monoisotopic (exact) mass is 531 g/mol. The number of hydrogen-bond donors (Lipinski definition) is 2. The summed E-state index contributed by atoms with van der Waals surface area (Å²) in [5.74, 6) is -3.08. The molecule has 5 rings (SSSR count). The number of methoxy groups -OCH3 is 1. The molecule has 1 aliphatic rings. The lowest BCUT2D eigenvalue weighted by Crippen LogP contribution is -2.61. The maximum absolute atomic E-state index is 13.7. The van der Waals surface area contributed by atoms with Gasteiger partial charge in [-0.05, 0) is 42.3 Å². The van der Waals surface area contributed by atoms with Gasteiger partial charge in [0.25, 0.3) is 17.6 Å². The zero-order chi connectivity index (χ0) is 27.4. The third-order valence-electron chi connectivity index (χ3n) is 6.38. The van der Waals surface area contributed by atoms with Gasteiger partial charge in [0.15, 0.2) is 5.82 Å². The number of rotatable bonds is 9. The average Bonchev–Trinajstić information content (AvgIpc) is 3.64. The van der Waals surface area contributed by atoms with Gasteiger partial charge in [-0.1, -0.05) is 30.3 Å². The lowest BCUT2D eigenvalue weighted by Gasteiger charge is -2.33. The van der Waals surface area contributed by atoms with E-state index in [2.05, 4.69) is 15.4 Å². The molecular formula is C28H26FN5O5. The molecule has 0 radical (unpaired) electrons. The standard InChI is InChI=1S/C28H26FN5O5/c1-37-23-17-19(29)9-10-20(23)22-11-13-34(33-22)25-21(8-5-12-31-25)26(35)32-24(16-18-6-3-2-4-7-18)28(27(30)36)38-14-15-39-28/h2-13,17,24H,14-16H2,1H3,(H2,30,36)(H,32,35). The molecule has 2 aromatic carbocycles. The van der Waals surface area contributed by atoms with Gasteiger partial charge in [-0.3, -0.25) is 9.59 Å². The van der Waals surface area contributed by atoms with Crippen molar-refractivity contribution < 1.29 is 28.2 Å². The molecule has 3 heterocycles. The lowest BCUT2D eigenvalue weighted by molar-refractivity contribution is -0.189. The van der Waals surface area contributed by atoms with E-state index in [-0.39, 0.29) is 31.0 Å². The fraction of sp³-hybridized carbons (Fsp3) is 0.214. The molecule has 1 unspecified atom stereocenters. The average molecular weight is 532 g/mol. The molecule has 0 aliphatic carbocycles. The lowest BCUT2D eigenvalue weighted by atomic mass is 9.97. The van der Waals surface area contributed by atoms with Gasteiger partial charge < -0.3 is 25.3 Å².